The molecule has 0 fully saturated rings. The van der Waals surface area contributed by atoms with Gasteiger partial charge in [0.1, 0.15) is 0 Å². The Morgan fingerprint density at radius 3 is 2.73 bits per heavy atom. The molecule has 1 aromatic rings. The molecule has 9 heteroatoms. The van der Waals surface area contributed by atoms with Gasteiger partial charge in [0, 0.05) is 31.1 Å². The van der Waals surface area contributed by atoms with E-state index in [2.05, 4.69) is 15.5 Å². The van der Waals surface area contributed by atoms with E-state index in [1.807, 2.05) is 37.4 Å². The van der Waals surface area contributed by atoms with Crippen LogP contribution in [0.25, 0.3) is 0 Å². The Bertz CT molecular complexity index is 678. The smallest absolute Gasteiger partial charge is 0.240 e. The molecule has 26 heavy (non-hydrogen) atoms. The Hall–Kier alpha value is -1.62. The molecule has 1 aliphatic heterocycles. The fourth-order valence-electron chi connectivity index (χ4n) is 2.56. The second-order valence-corrected chi connectivity index (χ2v) is 6.59. The number of carbonyl (C=O) groups is 2. The summed E-state index contributed by atoms with van der Waals surface area (Å²) < 4.78 is 0. The highest BCUT2D eigenvalue weighted by molar-refractivity contribution is 14.0. The quantitative estimate of drug-likeness (QED) is 0.202. The summed E-state index contributed by atoms with van der Waals surface area (Å²) in [6.07, 6.45) is 3.86. The number of hydrogen-bond acceptors (Lipinski definition) is 5. The number of thioether (sulfide) groups is 1. The molecule has 142 valence electrons. The number of nitrogens with one attached hydrogen (secondary N) is 1. The lowest BCUT2D eigenvalue weighted by molar-refractivity contribution is -0.121. The molecule has 1 aliphatic rings. The zero-order chi connectivity index (χ0) is 18.2. The van der Waals surface area contributed by atoms with Crippen LogP contribution >= 0.6 is 35.7 Å². The van der Waals surface area contributed by atoms with Gasteiger partial charge in [-0.2, -0.15) is 5.10 Å². The van der Waals surface area contributed by atoms with Crippen LogP contribution in [0.5, 0.6) is 0 Å². The standard InChI is InChI=1S/C17H23N5O2S.HI/c1-12-10-15(24)20-21-16(12)13-4-6-14(7-5-13)22(11-23)9-3-8-19-17(18)25-2;/h4-7,11-12H,3,8-10H2,1-2H3,(H2,18,19)(H,20,24);1H. The summed E-state index contributed by atoms with van der Waals surface area (Å²) in [5.74, 6) is 0.00583. The maximum absolute atomic E-state index is 11.4. The van der Waals surface area contributed by atoms with E-state index in [9.17, 15) is 9.59 Å². The van der Waals surface area contributed by atoms with E-state index < -0.39 is 0 Å². The van der Waals surface area contributed by atoms with Crippen LogP contribution in [-0.2, 0) is 9.59 Å². The molecule has 0 spiro atoms. The van der Waals surface area contributed by atoms with Crippen LogP contribution in [0.3, 0.4) is 0 Å². The number of amidine groups is 1. The second-order valence-electron chi connectivity index (χ2n) is 5.76. The Kier molecular flexibility index (Phi) is 9.63. The van der Waals surface area contributed by atoms with Gasteiger partial charge in [-0.15, -0.1) is 24.0 Å². The van der Waals surface area contributed by atoms with Crippen LogP contribution in [0, 0.1) is 5.92 Å². The maximum atomic E-state index is 11.4. The van der Waals surface area contributed by atoms with Gasteiger partial charge in [0.25, 0.3) is 0 Å². The molecule has 1 atom stereocenters. The first-order valence-corrected chi connectivity index (χ1v) is 9.30. The lowest BCUT2D eigenvalue weighted by Gasteiger charge is -2.21. The first-order chi connectivity index (χ1) is 12.0. The Morgan fingerprint density at radius 1 is 1.46 bits per heavy atom. The predicted molar refractivity (Wildman–Crippen MR) is 118 cm³/mol. The van der Waals surface area contributed by atoms with Crippen LogP contribution in [0.4, 0.5) is 5.69 Å². The summed E-state index contributed by atoms with van der Waals surface area (Å²) in [5, 5.41) is 4.70. The predicted octanol–water partition coefficient (Wildman–Crippen LogP) is 2.20. The van der Waals surface area contributed by atoms with Gasteiger partial charge in [0.15, 0.2) is 5.17 Å². The molecule has 0 radical (unpaired) electrons. The van der Waals surface area contributed by atoms with Gasteiger partial charge >= 0.3 is 0 Å². The van der Waals surface area contributed by atoms with Crippen molar-refractivity contribution in [2.45, 2.75) is 19.8 Å². The topological polar surface area (TPSA) is 100 Å². The fraction of sp³-hybridized carbons (Fsp3) is 0.412. The minimum Gasteiger partial charge on any atom is -0.379 e. The number of aliphatic imine (C=N–C) groups is 1. The molecule has 2 amide bonds. The monoisotopic (exact) mass is 489 g/mol. The number of nitrogens with zero attached hydrogens (tertiary/aromatic N) is 3. The normalized spacial score (nSPS) is 17.0. The summed E-state index contributed by atoms with van der Waals surface area (Å²) in [5.41, 5.74) is 10.8. The third-order valence-corrected chi connectivity index (χ3v) is 4.46. The summed E-state index contributed by atoms with van der Waals surface area (Å²) in [7, 11) is 0. The fourth-order valence-corrected chi connectivity index (χ4v) is 2.78. The van der Waals surface area contributed by atoms with Crippen LogP contribution in [0.15, 0.2) is 34.4 Å². The van der Waals surface area contributed by atoms with E-state index in [4.69, 9.17) is 5.73 Å². The molecular weight excluding hydrogens is 465 g/mol. The average Bonchev–Trinajstić information content (AvgIpc) is 2.62. The number of rotatable bonds is 7. The van der Waals surface area contributed by atoms with Crippen molar-refractivity contribution in [3.8, 4) is 0 Å². The molecule has 2 rings (SSSR count). The van der Waals surface area contributed by atoms with Gasteiger partial charge in [-0.1, -0.05) is 30.8 Å². The zero-order valence-corrected chi connectivity index (χ0v) is 18.0. The molecular formula is C17H24IN5O2S. The number of hydrogen-bond donors (Lipinski definition) is 2. The first kappa shape index (κ1) is 22.4. The maximum Gasteiger partial charge on any atom is 0.240 e. The van der Waals surface area contributed by atoms with Gasteiger partial charge in [-0.3, -0.25) is 14.6 Å². The van der Waals surface area contributed by atoms with Crippen molar-refractivity contribution in [3.05, 3.63) is 29.8 Å². The van der Waals surface area contributed by atoms with Crippen molar-refractivity contribution in [1.82, 2.24) is 5.43 Å². The molecule has 3 N–H and O–H groups in total. The summed E-state index contributed by atoms with van der Waals surface area (Å²) in [6.45, 7) is 3.13. The lowest BCUT2D eigenvalue weighted by Crippen LogP contribution is -2.32. The molecule has 0 bridgehead atoms. The average molecular weight is 489 g/mol. The number of nitrogens with two attached hydrogens (primary N) is 1. The van der Waals surface area contributed by atoms with Crippen LogP contribution < -0.4 is 16.1 Å². The van der Waals surface area contributed by atoms with E-state index in [1.54, 1.807) is 4.90 Å². The minimum atomic E-state index is -0.0650. The van der Waals surface area contributed by atoms with Gasteiger partial charge in [0.05, 0.1) is 5.71 Å². The summed E-state index contributed by atoms with van der Waals surface area (Å²) >= 11 is 1.41. The van der Waals surface area contributed by atoms with Gasteiger partial charge in [-0.25, -0.2) is 5.43 Å². The van der Waals surface area contributed by atoms with E-state index in [1.165, 1.54) is 11.8 Å². The Balaban J connectivity index is 0.00000338. The summed E-state index contributed by atoms with van der Waals surface area (Å²) in [4.78, 5) is 28.5. The molecule has 1 heterocycles. The number of carbonyl (C=O) groups excluding carboxylic acids is 2. The molecule has 0 saturated heterocycles. The molecule has 0 saturated carbocycles. The third-order valence-electron chi connectivity index (χ3n) is 3.92. The van der Waals surface area contributed by atoms with E-state index in [-0.39, 0.29) is 35.8 Å². The molecule has 1 aromatic carbocycles. The number of anilines is 1. The second kappa shape index (κ2) is 11.2. The van der Waals surface area contributed by atoms with Crippen molar-refractivity contribution >= 4 is 64.6 Å². The van der Waals surface area contributed by atoms with Crippen LogP contribution in [0.2, 0.25) is 0 Å². The zero-order valence-electron chi connectivity index (χ0n) is 14.8. The lowest BCUT2D eigenvalue weighted by atomic mass is 9.94. The van der Waals surface area contributed by atoms with Crippen molar-refractivity contribution in [1.29, 1.82) is 0 Å². The number of benzene rings is 1. The number of amides is 2. The van der Waals surface area contributed by atoms with Crippen LogP contribution in [0.1, 0.15) is 25.3 Å². The highest BCUT2D eigenvalue weighted by Crippen LogP contribution is 2.20. The van der Waals surface area contributed by atoms with Gasteiger partial charge < -0.3 is 10.6 Å². The van der Waals surface area contributed by atoms with Crippen molar-refractivity contribution in [2.24, 2.45) is 21.7 Å². The minimum absolute atomic E-state index is 0. The van der Waals surface area contributed by atoms with Crippen molar-refractivity contribution < 1.29 is 9.59 Å². The molecule has 0 aliphatic carbocycles. The van der Waals surface area contributed by atoms with Gasteiger partial charge in [-0.05, 0) is 30.4 Å². The van der Waals surface area contributed by atoms with Crippen molar-refractivity contribution in [2.75, 3.05) is 24.2 Å². The Morgan fingerprint density at radius 2 is 2.15 bits per heavy atom. The van der Waals surface area contributed by atoms with E-state index in [0.29, 0.717) is 24.7 Å². The van der Waals surface area contributed by atoms with Crippen LogP contribution in [-0.4, -0.2) is 42.5 Å². The molecule has 7 nitrogen and oxygen atoms in total. The largest absolute Gasteiger partial charge is 0.379 e. The Labute approximate surface area is 174 Å². The van der Waals surface area contributed by atoms with E-state index in [0.717, 1.165) is 29.8 Å². The summed E-state index contributed by atoms with van der Waals surface area (Å²) in [6, 6.07) is 7.61. The van der Waals surface area contributed by atoms with Gasteiger partial charge in [0.2, 0.25) is 12.3 Å². The van der Waals surface area contributed by atoms with Crippen molar-refractivity contribution in [3.63, 3.8) is 0 Å². The highest BCUT2D eigenvalue weighted by Gasteiger charge is 2.21. The number of halogens is 1. The molecule has 0 aromatic heterocycles. The van der Waals surface area contributed by atoms with E-state index >= 15 is 0 Å². The number of hydrazone groups is 1. The highest BCUT2D eigenvalue weighted by atomic mass is 127. The first-order valence-electron chi connectivity index (χ1n) is 8.08. The third kappa shape index (κ3) is 6.27. The molecule has 1 unspecified atom stereocenters. The SMILES string of the molecule is CSC(N)=NCCCN(C=O)c1ccc(C2=NNC(=O)CC2C)cc1.I.